The minimum atomic E-state index is 0.544. The maximum Gasteiger partial charge on any atom is 0.247 e. The summed E-state index contributed by atoms with van der Waals surface area (Å²) in [5.41, 5.74) is 5.32. The fourth-order valence-corrected chi connectivity index (χ4v) is 3.95. The molecule has 1 fully saturated rings. The Hall–Kier alpha value is -3.71. The first-order valence-corrected chi connectivity index (χ1v) is 10.4. The normalized spacial score (nSPS) is 14.7. The lowest BCUT2D eigenvalue weighted by atomic mass is 10.0. The van der Waals surface area contributed by atoms with E-state index in [0.717, 1.165) is 60.7 Å². The molecule has 156 valence electrons. The first kappa shape index (κ1) is 19.3. The summed E-state index contributed by atoms with van der Waals surface area (Å²) in [6.07, 6.45) is 0.940. The van der Waals surface area contributed by atoms with Gasteiger partial charge in [0.2, 0.25) is 5.95 Å². The van der Waals surface area contributed by atoms with Crippen molar-refractivity contribution in [1.82, 2.24) is 19.5 Å². The van der Waals surface area contributed by atoms with Crippen molar-refractivity contribution in [3.8, 4) is 11.3 Å². The molecule has 2 aromatic heterocycles. The number of aromatic nitrogens is 3. The molecule has 7 nitrogen and oxygen atoms in total. The fraction of sp³-hybridized carbons (Fsp3) is 0.208. The summed E-state index contributed by atoms with van der Waals surface area (Å²) in [5.74, 6) is 0.544. The van der Waals surface area contributed by atoms with Gasteiger partial charge in [-0.25, -0.2) is 4.52 Å². The number of fused-ring (bicyclic) bond motifs is 1. The van der Waals surface area contributed by atoms with Crippen molar-refractivity contribution in [2.75, 3.05) is 43.4 Å². The molecule has 0 amide bonds. The molecule has 4 aromatic rings. The van der Waals surface area contributed by atoms with Gasteiger partial charge in [0.1, 0.15) is 0 Å². The van der Waals surface area contributed by atoms with Crippen LogP contribution in [-0.2, 0) is 0 Å². The molecule has 3 heterocycles. The smallest absolute Gasteiger partial charge is 0.247 e. The molecule has 0 atom stereocenters. The van der Waals surface area contributed by atoms with Crippen molar-refractivity contribution >= 4 is 29.3 Å². The molecular formula is C24H24N6O. The number of para-hydroxylation sites is 1. The molecule has 0 bridgehead atoms. The number of hydrogen-bond acceptors (Lipinski definition) is 6. The van der Waals surface area contributed by atoms with Crippen LogP contribution in [0.2, 0.25) is 0 Å². The number of aldehydes is 1. The van der Waals surface area contributed by atoms with Gasteiger partial charge in [0.05, 0.1) is 5.69 Å². The van der Waals surface area contributed by atoms with E-state index in [1.165, 1.54) is 0 Å². The van der Waals surface area contributed by atoms with Gasteiger partial charge >= 0.3 is 0 Å². The highest BCUT2D eigenvalue weighted by Gasteiger charge is 2.18. The van der Waals surface area contributed by atoms with Gasteiger partial charge in [-0.2, -0.15) is 4.98 Å². The predicted molar refractivity (Wildman–Crippen MR) is 123 cm³/mol. The Balaban J connectivity index is 1.53. The van der Waals surface area contributed by atoms with Crippen LogP contribution in [0.15, 0.2) is 66.7 Å². The van der Waals surface area contributed by atoms with Crippen LogP contribution in [0.1, 0.15) is 10.4 Å². The zero-order valence-corrected chi connectivity index (χ0v) is 17.4. The van der Waals surface area contributed by atoms with E-state index in [9.17, 15) is 4.79 Å². The van der Waals surface area contributed by atoms with Crippen LogP contribution in [0.5, 0.6) is 0 Å². The summed E-state index contributed by atoms with van der Waals surface area (Å²) in [6, 6.07) is 21.8. The SMILES string of the molecule is CN1CCN(c2cc(-c3cccc4nc(Nc5ccccc5)nn34)ccc2C=O)CC1. The summed E-state index contributed by atoms with van der Waals surface area (Å²) in [4.78, 5) is 20.9. The summed E-state index contributed by atoms with van der Waals surface area (Å²) in [6.45, 7) is 3.77. The van der Waals surface area contributed by atoms with E-state index in [1.54, 1.807) is 0 Å². The Morgan fingerprint density at radius 3 is 2.52 bits per heavy atom. The van der Waals surface area contributed by atoms with Crippen molar-refractivity contribution in [3.05, 3.63) is 72.3 Å². The summed E-state index contributed by atoms with van der Waals surface area (Å²) >= 11 is 0. The molecule has 2 aromatic carbocycles. The van der Waals surface area contributed by atoms with Crippen LogP contribution >= 0.6 is 0 Å². The molecule has 0 spiro atoms. The number of piperazine rings is 1. The van der Waals surface area contributed by atoms with E-state index in [4.69, 9.17) is 0 Å². The molecule has 0 unspecified atom stereocenters. The van der Waals surface area contributed by atoms with Gasteiger partial charge in [0.15, 0.2) is 11.9 Å². The molecule has 1 aliphatic rings. The molecule has 5 rings (SSSR count). The average molecular weight is 412 g/mol. The molecule has 1 saturated heterocycles. The second-order valence-electron chi connectivity index (χ2n) is 7.79. The molecule has 1 aliphatic heterocycles. The zero-order chi connectivity index (χ0) is 21.2. The Labute approximate surface area is 180 Å². The number of rotatable bonds is 5. The van der Waals surface area contributed by atoms with Crippen LogP contribution in [0.3, 0.4) is 0 Å². The second-order valence-corrected chi connectivity index (χ2v) is 7.79. The van der Waals surface area contributed by atoms with Gasteiger partial charge in [-0.3, -0.25) is 4.79 Å². The number of nitrogens with zero attached hydrogens (tertiary/aromatic N) is 5. The summed E-state index contributed by atoms with van der Waals surface area (Å²) in [5, 5.41) is 7.94. The maximum atomic E-state index is 11.7. The van der Waals surface area contributed by atoms with E-state index >= 15 is 0 Å². The van der Waals surface area contributed by atoms with E-state index in [1.807, 2.05) is 65.2 Å². The zero-order valence-electron chi connectivity index (χ0n) is 17.4. The molecule has 1 N–H and O–H groups in total. The van der Waals surface area contributed by atoms with Crippen molar-refractivity contribution in [2.24, 2.45) is 0 Å². The van der Waals surface area contributed by atoms with Crippen molar-refractivity contribution < 1.29 is 4.79 Å². The highest BCUT2D eigenvalue weighted by molar-refractivity contribution is 5.87. The van der Waals surface area contributed by atoms with Gasteiger partial charge < -0.3 is 15.1 Å². The minimum Gasteiger partial charge on any atom is -0.368 e. The van der Waals surface area contributed by atoms with Gasteiger partial charge in [-0.05, 0) is 43.4 Å². The molecule has 31 heavy (non-hydrogen) atoms. The minimum absolute atomic E-state index is 0.544. The Morgan fingerprint density at radius 2 is 1.74 bits per heavy atom. The highest BCUT2D eigenvalue weighted by atomic mass is 16.1. The van der Waals surface area contributed by atoms with Crippen molar-refractivity contribution in [3.63, 3.8) is 0 Å². The van der Waals surface area contributed by atoms with Crippen LogP contribution in [-0.4, -0.2) is 59.0 Å². The lowest BCUT2D eigenvalue weighted by Crippen LogP contribution is -2.44. The largest absolute Gasteiger partial charge is 0.368 e. The number of pyridine rings is 1. The number of anilines is 3. The Morgan fingerprint density at radius 1 is 0.935 bits per heavy atom. The maximum absolute atomic E-state index is 11.7. The van der Waals surface area contributed by atoms with E-state index in [-0.39, 0.29) is 0 Å². The highest BCUT2D eigenvalue weighted by Crippen LogP contribution is 2.29. The van der Waals surface area contributed by atoms with E-state index in [2.05, 4.69) is 38.3 Å². The number of benzene rings is 2. The van der Waals surface area contributed by atoms with Crippen molar-refractivity contribution in [1.29, 1.82) is 0 Å². The first-order chi connectivity index (χ1) is 15.2. The second kappa shape index (κ2) is 8.20. The monoisotopic (exact) mass is 412 g/mol. The number of likely N-dealkylation sites (N-methyl/N-ethyl adjacent to an activating group) is 1. The third kappa shape index (κ3) is 3.87. The molecule has 7 heteroatoms. The quantitative estimate of drug-likeness (QED) is 0.504. The first-order valence-electron chi connectivity index (χ1n) is 10.4. The summed E-state index contributed by atoms with van der Waals surface area (Å²) in [7, 11) is 2.13. The fourth-order valence-electron chi connectivity index (χ4n) is 3.95. The Bertz CT molecular complexity index is 1210. The molecule has 0 saturated carbocycles. The lowest BCUT2D eigenvalue weighted by Gasteiger charge is -2.34. The van der Waals surface area contributed by atoms with Gasteiger partial charge in [0.25, 0.3) is 0 Å². The third-order valence-corrected chi connectivity index (χ3v) is 5.69. The van der Waals surface area contributed by atoms with Crippen LogP contribution in [0.25, 0.3) is 16.9 Å². The molecule has 0 radical (unpaired) electrons. The number of carbonyl (C=O) groups excluding carboxylic acids is 1. The molecule has 0 aliphatic carbocycles. The van der Waals surface area contributed by atoms with Crippen LogP contribution in [0, 0.1) is 0 Å². The number of hydrogen-bond donors (Lipinski definition) is 1. The topological polar surface area (TPSA) is 65.8 Å². The average Bonchev–Trinajstić information content (AvgIpc) is 3.22. The predicted octanol–water partition coefficient (Wildman–Crippen LogP) is 3.70. The molecular weight excluding hydrogens is 388 g/mol. The number of nitrogens with one attached hydrogen (secondary N) is 1. The van der Waals surface area contributed by atoms with Gasteiger partial charge in [-0.15, -0.1) is 5.10 Å². The summed E-state index contributed by atoms with van der Waals surface area (Å²) < 4.78 is 1.84. The lowest BCUT2D eigenvalue weighted by molar-refractivity contribution is 0.112. The van der Waals surface area contributed by atoms with Gasteiger partial charge in [0, 0.05) is 48.7 Å². The van der Waals surface area contributed by atoms with E-state index in [0.29, 0.717) is 11.5 Å². The van der Waals surface area contributed by atoms with Crippen LogP contribution in [0.4, 0.5) is 17.3 Å². The standard InChI is InChI=1S/C24H24N6O/c1-28-12-14-29(15-13-28)22-16-18(10-11-19(22)17-31)21-8-5-9-23-26-24(27-30(21)23)25-20-6-3-2-4-7-20/h2-11,16-17H,12-15H2,1H3,(H,25,27). The van der Waals surface area contributed by atoms with Crippen molar-refractivity contribution in [2.45, 2.75) is 0 Å². The Kier molecular flexibility index (Phi) is 5.09. The van der Waals surface area contributed by atoms with Gasteiger partial charge in [-0.1, -0.05) is 30.3 Å². The van der Waals surface area contributed by atoms with Crippen LogP contribution < -0.4 is 10.2 Å². The van der Waals surface area contributed by atoms with E-state index < -0.39 is 0 Å². The third-order valence-electron chi connectivity index (χ3n) is 5.69. The number of carbonyl (C=O) groups is 1.